The molecular formula is C21H26N4O2. The van der Waals surface area contributed by atoms with Gasteiger partial charge in [-0.1, -0.05) is 49.6 Å². The molecule has 2 N–H and O–H groups in total. The Bertz CT molecular complexity index is 824. The van der Waals surface area contributed by atoms with Crippen LogP contribution in [0.15, 0.2) is 36.5 Å². The molecule has 1 spiro atoms. The third-order valence-corrected chi connectivity index (χ3v) is 6.11. The van der Waals surface area contributed by atoms with E-state index in [-0.39, 0.29) is 29.8 Å². The van der Waals surface area contributed by atoms with E-state index < -0.39 is 0 Å². The van der Waals surface area contributed by atoms with Crippen molar-refractivity contribution in [2.24, 2.45) is 5.41 Å². The molecule has 1 atom stereocenters. The Hall–Kier alpha value is -2.63. The Balaban J connectivity index is 1.48. The molecule has 2 aliphatic rings. The van der Waals surface area contributed by atoms with Crippen molar-refractivity contribution in [3.8, 4) is 0 Å². The van der Waals surface area contributed by atoms with Crippen LogP contribution in [0.25, 0.3) is 0 Å². The summed E-state index contributed by atoms with van der Waals surface area (Å²) in [4.78, 5) is 27.3. The van der Waals surface area contributed by atoms with E-state index in [1.54, 1.807) is 11.1 Å². The van der Waals surface area contributed by atoms with Crippen molar-refractivity contribution in [2.75, 3.05) is 6.54 Å². The lowest BCUT2D eigenvalue weighted by Gasteiger charge is -2.58. The van der Waals surface area contributed by atoms with Crippen molar-refractivity contribution in [1.82, 2.24) is 20.4 Å². The molecule has 6 nitrogen and oxygen atoms in total. The summed E-state index contributed by atoms with van der Waals surface area (Å²) < 4.78 is 0. The molecule has 142 valence electrons. The first kappa shape index (κ1) is 17.8. The second kappa shape index (κ2) is 7.18. The first-order valence-corrected chi connectivity index (χ1v) is 9.73. The van der Waals surface area contributed by atoms with Crippen molar-refractivity contribution in [2.45, 2.75) is 51.6 Å². The van der Waals surface area contributed by atoms with Crippen LogP contribution < -0.4 is 5.32 Å². The number of aryl methyl sites for hydroxylation is 1. The number of benzene rings is 1. The van der Waals surface area contributed by atoms with Gasteiger partial charge < -0.3 is 10.2 Å². The second-order valence-corrected chi connectivity index (χ2v) is 7.76. The summed E-state index contributed by atoms with van der Waals surface area (Å²) in [5.41, 5.74) is 2.74. The van der Waals surface area contributed by atoms with Gasteiger partial charge in [-0.25, -0.2) is 0 Å². The second-order valence-electron chi connectivity index (χ2n) is 7.76. The number of carbonyl (C=O) groups excluding carboxylic acids is 2. The number of H-pyrrole nitrogens is 1. The highest BCUT2D eigenvalue weighted by Crippen LogP contribution is 2.57. The molecule has 0 bridgehead atoms. The molecule has 1 saturated carbocycles. The van der Waals surface area contributed by atoms with Crippen LogP contribution in [0.2, 0.25) is 0 Å². The smallest absolute Gasteiger partial charge is 0.239 e. The number of hydrogen-bond acceptors (Lipinski definition) is 3. The number of nitrogens with one attached hydrogen (secondary N) is 2. The maximum absolute atomic E-state index is 13.1. The summed E-state index contributed by atoms with van der Waals surface area (Å²) in [5.74, 6) is 0.0150. The van der Waals surface area contributed by atoms with Crippen molar-refractivity contribution < 1.29 is 9.59 Å². The molecular weight excluding hydrogens is 340 g/mol. The van der Waals surface area contributed by atoms with Gasteiger partial charge in [-0.2, -0.15) is 5.10 Å². The standard InChI is InChI=1S/C21H26N4O2/c1-15-17(13-23-24-15)12-22-18(26)14-25-19(16-8-4-2-5-9-16)21(20(25)27)10-6-3-7-11-21/h2,4-5,8-9,13,19H,3,6-7,10-12,14H2,1H3,(H,22,26)(H,23,24). The molecule has 1 saturated heterocycles. The Morgan fingerprint density at radius 3 is 2.67 bits per heavy atom. The number of carbonyl (C=O) groups is 2. The van der Waals surface area contributed by atoms with Gasteiger partial charge in [0.15, 0.2) is 0 Å². The highest BCUT2D eigenvalue weighted by molar-refractivity contribution is 5.94. The number of rotatable bonds is 5. The Kier molecular flexibility index (Phi) is 4.72. The molecule has 2 aromatic rings. The van der Waals surface area contributed by atoms with E-state index in [1.165, 1.54) is 6.42 Å². The fourth-order valence-corrected chi connectivity index (χ4v) is 4.68. The normalized spacial score (nSPS) is 21.1. The number of nitrogens with zero attached hydrogens (tertiary/aromatic N) is 2. The Morgan fingerprint density at radius 2 is 2.00 bits per heavy atom. The van der Waals surface area contributed by atoms with Gasteiger partial charge in [0.25, 0.3) is 0 Å². The zero-order chi connectivity index (χ0) is 18.9. The molecule has 1 aromatic carbocycles. The van der Waals surface area contributed by atoms with E-state index in [2.05, 4.69) is 27.6 Å². The molecule has 1 aliphatic carbocycles. The summed E-state index contributed by atoms with van der Waals surface area (Å²) in [6.07, 6.45) is 6.95. The lowest BCUT2D eigenvalue weighted by Crippen LogP contribution is -2.65. The lowest BCUT2D eigenvalue weighted by atomic mass is 9.60. The van der Waals surface area contributed by atoms with Gasteiger partial charge in [0.2, 0.25) is 11.8 Å². The molecule has 0 radical (unpaired) electrons. The molecule has 2 heterocycles. The van der Waals surface area contributed by atoms with Crippen molar-refractivity contribution in [1.29, 1.82) is 0 Å². The summed E-state index contributed by atoms with van der Waals surface area (Å²) in [5, 5.41) is 9.75. The minimum atomic E-state index is -0.305. The van der Waals surface area contributed by atoms with Gasteiger partial charge in [-0.05, 0) is 25.3 Å². The third-order valence-electron chi connectivity index (χ3n) is 6.11. The van der Waals surface area contributed by atoms with Gasteiger partial charge in [-0.3, -0.25) is 14.7 Å². The molecule has 4 rings (SSSR count). The largest absolute Gasteiger partial charge is 0.350 e. The number of aromatic amines is 1. The van der Waals surface area contributed by atoms with E-state index in [0.717, 1.165) is 42.5 Å². The zero-order valence-electron chi connectivity index (χ0n) is 15.7. The number of amides is 2. The predicted molar refractivity (Wildman–Crippen MR) is 102 cm³/mol. The van der Waals surface area contributed by atoms with Gasteiger partial charge >= 0.3 is 0 Å². The van der Waals surface area contributed by atoms with Crippen molar-refractivity contribution in [3.63, 3.8) is 0 Å². The van der Waals surface area contributed by atoms with Crippen molar-refractivity contribution >= 4 is 11.8 Å². The van der Waals surface area contributed by atoms with Gasteiger partial charge in [0.05, 0.1) is 17.7 Å². The number of β-lactam (4-membered cyclic amide) rings is 1. The van der Waals surface area contributed by atoms with E-state index >= 15 is 0 Å². The average Bonchev–Trinajstić information content (AvgIpc) is 3.12. The predicted octanol–water partition coefficient (Wildman–Crippen LogP) is 2.87. The average molecular weight is 366 g/mol. The molecule has 1 aromatic heterocycles. The molecule has 2 amide bonds. The van der Waals surface area contributed by atoms with E-state index in [4.69, 9.17) is 0 Å². The maximum Gasteiger partial charge on any atom is 0.239 e. The number of hydrogen-bond donors (Lipinski definition) is 2. The first-order chi connectivity index (χ1) is 13.1. The number of likely N-dealkylation sites (tertiary alicyclic amines) is 1. The highest BCUT2D eigenvalue weighted by atomic mass is 16.2. The van der Waals surface area contributed by atoms with Crippen LogP contribution in [0.1, 0.15) is 55.0 Å². The zero-order valence-corrected chi connectivity index (χ0v) is 15.7. The van der Waals surface area contributed by atoms with Gasteiger partial charge in [0, 0.05) is 17.8 Å². The van der Waals surface area contributed by atoms with Gasteiger partial charge in [-0.15, -0.1) is 0 Å². The fraction of sp³-hybridized carbons (Fsp3) is 0.476. The minimum Gasteiger partial charge on any atom is -0.350 e. The first-order valence-electron chi connectivity index (χ1n) is 9.73. The van der Waals surface area contributed by atoms with Crippen LogP contribution in [0.3, 0.4) is 0 Å². The summed E-state index contributed by atoms with van der Waals surface area (Å²) in [7, 11) is 0. The van der Waals surface area contributed by atoms with E-state index in [1.807, 2.05) is 25.1 Å². The Morgan fingerprint density at radius 1 is 1.26 bits per heavy atom. The third kappa shape index (κ3) is 3.13. The molecule has 1 aliphatic heterocycles. The summed E-state index contributed by atoms with van der Waals surface area (Å²) >= 11 is 0. The Labute approximate surface area is 159 Å². The van der Waals surface area contributed by atoms with Crippen LogP contribution in [-0.4, -0.2) is 33.5 Å². The van der Waals surface area contributed by atoms with E-state index in [0.29, 0.717) is 6.54 Å². The van der Waals surface area contributed by atoms with Crippen molar-refractivity contribution in [3.05, 3.63) is 53.3 Å². The molecule has 1 unspecified atom stereocenters. The molecule has 27 heavy (non-hydrogen) atoms. The lowest BCUT2D eigenvalue weighted by molar-refractivity contribution is -0.180. The van der Waals surface area contributed by atoms with Crippen LogP contribution in [0.4, 0.5) is 0 Å². The minimum absolute atomic E-state index is 0.00733. The SMILES string of the molecule is Cc1[nH]ncc1CNC(=O)CN1C(=O)C2(CCCCC2)C1c1ccccc1. The fourth-order valence-electron chi connectivity index (χ4n) is 4.68. The topological polar surface area (TPSA) is 78.1 Å². The molecule has 2 fully saturated rings. The summed E-state index contributed by atoms with van der Waals surface area (Å²) in [6, 6.07) is 10.2. The van der Waals surface area contributed by atoms with E-state index in [9.17, 15) is 9.59 Å². The van der Waals surface area contributed by atoms with Crippen LogP contribution in [0.5, 0.6) is 0 Å². The molecule has 6 heteroatoms. The quantitative estimate of drug-likeness (QED) is 0.799. The highest BCUT2D eigenvalue weighted by Gasteiger charge is 2.60. The van der Waals surface area contributed by atoms with Gasteiger partial charge in [0.1, 0.15) is 6.54 Å². The summed E-state index contributed by atoms with van der Waals surface area (Å²) in [6.45, 7) is 2.45. The van der Waals surface area contributed by atoms with Crippen LogP contribution >= 0.6 is 0 Å². The maximum atomic E-state index is 13.1. The van der Waals surface area contributed by atoms with Crippen LogP contribution in [-0.2, 0) is 16.1 Å². The number of aromatic nitrogens is 2. The van der Waals surface area contributed by atoms with Crippen LogP contribution in [0, 0.1) is 12.3 Å². The monoisotopic (exact) mass is 366 g/mol.